The molecule has 0 aliphatic carbocycles. The van der Waals surface area contributed by atoms with Crippen LogP contribution in [-0.4, -0.2) is 24.7 Å². The molecule has 0 saturated heterocycles. The second-order valence-electron chi connectivity index (χ2n) is 4.35. The maximum atomic E-state index is 11.6. The summed E-state index contributed by atoms with van der Waals surface area (Å²) >= 11 is 0. The summed E-state index contributed by atoms with van der Waals surface area (Å²) in [6.45, 7) is 9.18. The van der Waals surface area contributed by atoms with Crippen LogP contribution < -0.4 is 5.32 Å². The van der Waals surface area contributed by atoms with Crippen molar-refractivity contribution in [3.63, 3.8) is 0 Å². The first-order valence-electron chi connectivity index (χ1n) is 5.96. The van der Waals surface area contributed by atoms with Crippen molar-refractivity contribution in [1.29, 1.82) is 0 Å². The fourth-order valence-electron chi connectivity index (χ4n) is 1.39. The number of likely N-dealkylation sites (N-methyl/N-ethyl adjacent to an activating group) is 1. The van der Waals surface area contributed by atoms with Gasteiger partial charge in [-0.2, -0.15) is 0 Å². The summed E-state index contributed by atoms with van der Waals surface area (Å²) in [6.07, 6.45) is 4.54. The van der Waals surface area contributed by atoms with Gasteiger partial charge in [-0.1, -0.05) is 33.1 Å². The van der Waals surface area contributed by atoms with Gasteiger partial charge in [0.05, 0.1) is 6.61 Å². The number of carbonyl (C=O) groups is 1. The van der Waals surface area contributed by atoms with Gasteiger partial charge in [-0.15, -0.1) is 0 Å². The Morgan fingerprint density at radius 2 is 1.87 bits per heavy atom. The third-order valence-electron chi connectivity index (χ3n) is 2.36. The van der Waals surface area contributed by atoms with Crippen LogP contribution in [0.25, 0.3) is 0 Å². The molecule has 0 amide bonds. The van der Waals surface area contributed by atoms with E-state index in [2.05, 4.69) is 12.2 Å². The van der Waals surface area contributed by atoms with Gasteiger partial charge >= 0.3 is 5.97 Å². The van der Waals surface area contributed by atoms with Crippen molar-refractivity contribution in [2.45, 2.75) is 58.9 Å². The van der Waals surface area contributed by atoms with Crippen molar-refractivity contribution in [3.8, 4) is 0 Å². The molecular weight excluding hydrogens is 190 g/mol. The molecule has 3 nitrogen and oxygen atoms in total. The minimum atomic E-state index is -0.556. The minimum absolute atomic E-state index is 0.152. The predicted molar refractivity (Wildman–Crippen MR) is 62.9 cm³/mol. The van der Waals surface area contributed by atoms with Crippen molar-refractivity contribution < 1.29 is 9.53 Å². The van der Waals surface area contributed by atoms with E-state index in [0.29, 0.717) is 6.61 Å². The lowest BCUT2D eigenvalue weighted by Crippen LogP contribution is -2.47. The highest BCUT2D eigenvalue weighted by molar-refractivity contribution is 5.79. The van der Waals surface area contributed by atoms with Gasteiger partial charge in [0, 0.05) is 0 Å². The van der Waals surface area contributed by atoms with Crippen LogP contribution in [0, 0.1) is 0 Å². The molecule has 0 bridgehead atoms. The molecule has 0 atom stereocenters. The number of hydrogen-bond acceptors (Lipinski definition) is 3. The van der Waals surface area contributed by atoms with Crippen molar-refractivity contribution >= 4 is 5.97 Å². The van der Waals surface area contributed by atoms with Crippen molar-refractivity contribution in [2.24, 2.45) is 0 Å². The summed E-state index contributed by atoms with van der Waals surface area (Å²) in [5, 5.41) is 3.10. The van der Waals surface area contributed by atoms with Crippen molar-refractivity contribution in [2.75, 3.05) is 13.2 Å². The Hall–Kier alpha value is -0.570. The van der Waals surface area contributed by atoms with Crippen LogP contribution in [0.1, 0.15) is 53.4 Å². The number of unbranched alkanes of at least 4 members (excludes halogenated alkanes) is 3. The molecule has 0 radical (unpaired) electrons. The van der Waals surface area contributed by atoms with Gasteiger partial charge in [0.15, 0.2) is 0 Å². The number of rotatable bonds is 8. The highest BCUT2D eigenvalue weighted by Crippen LogP contribution is 2.06. The fraction of sp³-hybridized carbons (Fsp3) is 0.917. The van der Waals surface area contributed by atoms with Gasteiger partial charge in [0.25, 0.3) is 0 Å². The summed E-state index contributed by atoms with van der Waals surface area (Å²) in [4.78, 5) is 11.6. The van der Waals surface area contributed by atoms with E-state index in [0.717, 1.165) is 19.4 Å². The molecule has 0 aromatic rings. The van der Waals surface area contributed by atoms with Crippen molar-refractivity contribution in [1.82, 2.24) is 5.32 Å². The Kier molecular flexibility index (Phi) is 7.39. The molecule has 0 fully saturated rings. The number of nitrogens with one attached hydrogen (secondary N) is 1. The first-order chi connectivity index (χ1) is 7.04. The normalized spacial score (nSPS) is 11.5. The maximum absolute atomic E-state index is 11.6. The Morgan fingerprint density at radius 3 is 2.40 bits per heavy atom. The zero-order chi connectivity index (χ0) is 11.7. The molecule has 0 aliphatic rings. The molecule has 90 valence electrons. The molecule has 0 aliphatic heterocycles. The van der Waals surface area contributed by atoms with Crippen LogP contribution in [0.3, 0.4) is 0 Å². The third-order valence-corrected chi connectivity index (χ3v) is 2.36. The average molecular weight is 215 g/mol. The predicted octanol–water partition coefficient (Wildman–Crippen LogP) is 2.50. The second-order valence-corrected chi connectivity index (χ2v) is 4.35. The summed E-state index contributed by atoms with van der Waals surface area (Å²) in [7, 11) is 0. The number of hydrogen-bond donors (Lipinski definition) is 1. The first-order valence-corrected chi connectivity index (χ1v) is 5.96. The topological polar surface area (TPSA) is 38.3 Å². The van der Waals surface area contributed by atoms with Crippen LogP contribution in [0.2, 0.25) is 0 Å². The summed E-state index contributed by atoms with van der Waals surface area (Å²) < 4.78 is 5.20. The SMILES string of the molecule is CCCCCCOC(=O)C(C)(C)NCC. The lowest BCUT2D eigenvalue weighted by Gasteiger charge is -2.23. The van der Waals surface area contributed by atoms with Crippen LogP contribution in [0.15, 0.2) is 0 Å². The number of esters is 1. The first kappa shape index (κ1) is 14.4. The molecule has 0 unspecified atom stereocenters. The zero-order valence-corrected chi connectivity index (χ0v) is 10.6. The van der Waals surface area contributed by atoms with Gasteiger partial charge in [-0.05, 0) is 26.8 Å². The molecule has 0 aromatic carbocycles. The van der Waals surface area contributed by atoms with Crippen LogP contribution in [-0.2, 0) is 9.53 Å². The van der Waals surface area contributed by atoms with E-state index < -0.39 is 5.54 Å². The van der Waals surface area contributed by atoms with Crippen LogP contribution >= 0.6 is 0 Å². The molecule has 0 rings (SSSR count). The summed E-state index contributed by atoms with van der Waals surface area (Å²) in [5.41, 5.74) is -0.556. The summed E-state index contributed by atoms with van der Waals surface area (Å²) in [6, 6.07) is 0. The van der Waals surface area contributed by atoms with Gasteiger partial charge in [-0.3, -0.25) is 4.79 Å². The third kappa shape index (κ3) is 6.50. The van der Waals surface area contributed by atoms with Gasteiger partial charge in [-0.25, -0.2) is 0 Å². The molecular formula is C12H25NO2. The minimum Gasteiger partial charge on any atom is -0.464 e. The van der Waals surface area contributed by atoms with E-state index in [1.54, 1.807) is 0 Å². The Bertz CT molecular complexity index is 178. The number of ether oxygens (including phenoxy) is 1. The smallest absolute Gasteiger partial charge is 0.325 e. The molecule has 1 N–H and O–H groups in total. The van der Waals surface area contributed by atoms with Crippen LogP contribution in [0.5, 0.6) is 0 Å². The molecule has 0 aromatic heterocycles. The second kappa shape index (κ2) is 7.69. The Balaban J connectivity index is 3.64. The number of carbonyl (C=O) groups excluding carboxylic acids is 1. The Labute approximate surface area is 93.6 Å². The Morgan fingerprint density at radius 1 is 1.20 bits per heavy atom. The van der Waals surface area contributed by atoms with E-state index in [-0.39, 0.29) is 5.97 Å². The standard InChI is InChI=1S/C12H25NO2/c1-5-7-8-9-10-15-11(14)12(3,4)13-6-2/h13H,5-10H2,1-4H3. The van der Waals surface area contributed by atoms with Gasteiger partial charge < -0.3 is 10.1 Å². The lowest BCUT2D eigenvalue weighted by atomic mass is 10.1. The van der Waals surface area contributed by atoms with E-state index in [1.165, 1.54) is 12.8 Å². The maximum Gasteiger partial charge on any atom is 0.325 e. The van der Waals surface area contributed by atoms with Gasteiger partial charge in [0.2, 0.25) is 0 Å². The van der Waals surface area contributed by atoms with E-state index in [1.807, 2.05) is 20.8 Å². The van der Waals surface area contributed by atoms with Crippen molar-refractivity contribution in [3.05, 3.63) is 0 Å². The largest absolute Gasteiger partial charge is 0.464 e. The molecule has 0 spiro atoms. The van der Waals surface area contributed by atoms with E-state index >= 15 is 0 Å². The zero-order valence-electron chi connectivity index (χ0n) is 10.6. The highest BCUT2D eigenvalue weighted by Gasteiger charge is 2.27. The average Bonchev–Trinajstić information content (AvgIpc) is 2.17. The molecule has 0 heterocycles. The van der Waals surface area contributed by atoms with Gasteiger partial charge in [0.1, 0.15) is 5.54 Å². The van der Waals surface area contributed by atoms with E-state index in [4.69, 9.17) is 4.74 Å². The molecule has 3 heteroatoms. The summed E-state index contributed by atoms with van der Waals surface area (Å²) in [5.74, 6) is -0.152. The highest BCUT2D eigenvalue weighted by atomic mass is 16.5. The fourth-order valence-corrected chi connectivity index (χ4v) is 1.39. The van der Waals surface area contributed by atoms with Crippen LogP contribution in [0.4, 0.5) is 0 Å². The molecule has 0 saturated carbocycles. The quantitative estimate of drug-likeness (QED) is 0.499. The van der Waals surface area contributed by atoms with E-state index in [9.17, 15) is 4.79 Å². The lowest BCUT2D eigenvalue weighted by molar-refractivity contribution is -0.150. The monoisotopic (exact) mass is 215 g/mol. The molecule has 15 heavy (non-hydrogen) atoms.